The predicted octanol–water partition coefficient (Wildman–Crippen LogP) is 1.59. The molecule has 7 heteroatoms. The SMILES string of the molecule is Cc1[nH]cnc1C(=O)N1CCC(CNC(=O)c2ccoc2)CC1. The molecule has 23 heavy (non-hydrogen) atoms. The Morgan fingerprint density at radius 3 is 2.83 bits per heavy atom. The normalized spacial score (nSPS) is 15.6. The van der Waals surface area contributed by atoms with Gasteiger partial charge in [0.25, 0.3) is 11.8 Å². The first kappa shape index (κ1) is 15.3. The second-order valence-electron chi connectivity index (χ2n) is 5.83. The number of rotatable bonds is 4. The molecule has 0 aliphatic carbocycles. The Labute approximate surface area is 134 Å². The molecule has 0 atom stereocenters. The number of likely N-dealkylation sites (tertiary alicyclic amines) is 1. The average Bonchev–Trinajstić information content (AvgIpc) is 3.24. The number of nitrogens with zero attached hydrogens (tertiary/aromatic N) is 2. The van der Waals surface area contributed by atoms with Crippen molar-refractivity contribution in [3.8, 4) is 0 Å². The second-order valence-corrected chi connectivity index (χ2v) is 5.83. The summed E-state index contributed by atoms with van der Waals surface area (Å²) >= 11 is 0. The van der Waals surface area contributed by atoms with E-state index in [4.69, 9.17) is 4.42 Å². The Hall–Kier alpha value is -2.57. The number of carbonyl (C=O) groups is 2. The molecule has 0 aromatic carbocycles. The highest BCUT2D eigenvalue weighted by molar-refractivity contribution is 5.94. The molecule has 7 nitrogen and oxygen atoms in total. The molecule has 0 bridgehead atoms. The molecular weight excluding hydrogens is 296 g/mol. The number of imidazole rings is 1. The lowest BCUT2D eigenvalue weighted by Crippen LogP contribution is -2.41. The van der Waals surface area contributed by atoms with Gasteiger partial charge in [-0.3, -0.25) is 9.59 Å². The number of carbonyl (C=O) groups excluding carboxylic acids is 2. The Kier molecular flexibility index (Phi) is 4.45. The second kappa shape index (κ2) is 6.68. The highest BCUT2D eigenvalue weighted by Crippen LogP contribution is 2.19. The van der Waals surface area contributed by atoms with Crippen LogP contribution in [-0.4, -0.2) is 46.3 Å². The van der Waals surface area contributed by atoms with E-state index in [1.165, 1.54) is 12.5 Å². The van der Waals surface area contributed by atoms with Crippen LogP contribution in [0.2, 0.25) is 0 Å². The van der Waals surface area contributed by atoms with Crippen LogP contribution in [0.5, 0.6) is 0 Å². The van der Waals surface area contributed by atoms with E-state index in [1.807, 2.05) is 11.8 Å². The van der Waals surface area contributed by atoms with Crippen LogP contribution < -0.4 is 5.32 Å². The summed E-state index contributed by atoms with van der Waals surface area (Å²) in [4.78, 5) is 33.1. The lowest BCUT2D eigenvalue weighted by atomic mass is 9.96. The number of aromatic nitrogens is 2. The first-order valence-electron chi connectivity index (χ1n) is 7.75. The van der Waals surface area contributed by atoms with E-state index in [2.05, 4.69) is 15.3 Å². The minimum Gasteiger partial charge on any atom is -0.472 e. The van der Waals surface area contributed by atoms with Gasteiger partial charge in [0.1, 0.15) is 12.0 Å². The first-order chi connectivity index (χ1) is 11.1. The summed E-state index contributed by atoms with van der Waals surface area (Å²) in [6, 6.07) is 1.64. The third-order valence-electron chi connectivity index (χ3n) is 4.27. The number of piperidine rings is 1. The number of aryl methyl sites for hydroxylation is 1. The van der Waals surface area contributed by atoms with Gasteiger partial charge in [0, 0.05) is 25.3 Å². The van der Waals surface area contributed by atoms with Crippen molar-refractivity contribution in [1.82, 2.24) is 20.2 Å². The lowest BCUT2D eigenvalue weighted by molar-refractivity contribution is 0.0678. The third kappa shape index (κ3) is 3.44. The molecule has 1 saturated heterocycles. The molecule has 122 valence electrons. The Bertz CT molecular complexity index is 669. The highest BCUT2D eigenvalue weighted by atomic mass is 16.3. The molecule has 0 radical (unpaired) electrons. The Morgan fingerprint density at radius 1 is 1.43 bits per heavy atom. The van der Waals surface area contributed by atoms with Crippen molar-refractivity contribution in [2.24, 2.45) is 5.92 Å². The van der Waals surface area contributed by atoms with Crippen molar-refractivity contribution in [2.45, 2.75) is 19.8 Å². The molecule has 3 rings (SSSR count). The van der Waals surface area contributed by atoms with Crippen LogP contribution in [-0.2, 0) is 0 Å². The molecular formula is C16H20N4O3. The van der Waals surface area contributed by atoms with Gasteiger partial charge in [-0.1, -0.05) is 0 Å². The fourth-order valence-corrected chi connectivity index (χ4v) is 2.80. The van der Waals surface area contributed by atoms with Crippen molar-refractivity contribution >= 4 is 11.8 Å². The van der Waals surface area contributed by atoms with Crippen LogP contribution >= 0.6 is 0 Å². The summed E-state index contributed by atoms with van der Waals surface area (Å²) in [5, 5.41) is 2.92. The topological polar surface area (TPSA) is 91.2 Å². The lowest BCUT2D eigenvalue weighted by Gasteiger charge is -2.31. The van der Waals surface area contributed by atoms with Gasteiger partial charge in [0.05, 0.1) is 18.2 Å². The van der Waals surface area contributed by atoms with E-state index in [0.717, 1.165) is 18.5 Å². The zero-order valence-electron chi connectivity index (χ0n) is 13.0. The largest absolute Gasteiger partial charge is 0.472 e. The zero-order chi connectivity index (χ0) is 16.2. The van der Waals surface area contributed by atoms with Gasteiger partial charge in [-0.15, -0.1) is 0 Å². The predicted molar refractivity (Wildman–Crippen MR) is 83.0 cm³/mol. The molecule has 0 saturated carbocycles. The van der Waals surface area contributed by atoms with Crippen LogP contribution in [0.1, 0.15) is 39.4 Å². The maximum atomic E-state index is 12.4. The van der Waals surface area contributed by atoms with Crippen molar-refractivity contribution < 1.29 is 14.0 Å². The molecule has 2 aromatic heterocycles. The van der Waals surface area contributed by atoms with Crippen LogP contribution in [0, 0.1) is 12.8 Å². The molecule has 0 unspecified atom stereocenters. The van der Waals surface area contributed by atoms with Crippen LogP contribution in [0.4, 0.5) is 0 Å². The van der Waals surface area contributed by atoms with Gasteiger partial charge in [-0.25, -0.2) is 4.98 Å². The number of hydrogen-bond acceptors (Lipinski definition) is 4. The van der Waals surface area contributed by atoms with E-state index in [9.17, 15) is 9.59 Å². The molecule has 0 spiro atoms. The minimum absolute atomic E-state index is 0.0235. The van der Waals surface area contributed by atoms with E-state index >= 15 is 0 Å². The summed E-state index contributed by atoms with van der Waals surface area (Å²) in [6.45, 7) is 3.85. The maximum absolute atomic E-state index is 12.4. The number of amides is 2. The number of furan rings is 1. The van der Waals surface area contributed by atoms with Gasteiger partial charge in [0.2, 0.25) is 0 Å². The molecule has 2 amide bonds. The Morgan fingerprint density at radius 2 is 2.22 bits per heavy atom. The number of H-pyrrole nitrogens is 1. The van der Waals surface area contributed by atoms with Gasteiger partial charge >= 0.3 is 0 Å². The summed E-state index contributed by atoms with van der Waals surface area (Å²) < 4.78 is 4.90. The fraction of sp³-hybridized carbons (Fsp3) is 0.438. The number of hydrogen-bond donors (Lipinski definition) is 2. The average molecular weight is 316 g/mol. The summed E-state index contributed by atoms with van der Waals surface area (Å²) in [7, 11) is 0. The van der Waals surface area contributed by atoms with Gasteiger partial charge in [-0.05, 0) is 31.7 Å². The number of aromatic amines is 1. The zero-order valence-corrected chi connectivity index (χ0v) is 13.0. The van der Waals surface area contributed by atoms with Crippen LogP contribution in [0.15, 0.2) is 29.3 Å². The van der Waals surface area contributed by atoms with Gasteiger partial charge < -0.3 is 19.6 Å². The first-order valence-corrected chi connectivity index (χ1v) is 7.75. The maximum Gasteiger partial charge on any atom is 0.274 e. The van der Waals surface area contributed by atoms with Crippen molar-refractivity contribution in [3.63, 3.8) is 0 Å². The van der Waals surface area contributed by atoms with E-state index in [-0.39, 0.29) is 11.8 Å². The van der Waals surface area contributed by atoms with E-state index in [0.29, 0.717) is 36.8 Å². The summed E-state index contributed by atoms with van der Waals surface area (Å²) in [5.74, 6) is 0.240. The molecule has 1 aliphatic heterocycles. The molecule has 3 heterocycles. The molecule has 2 N–H and O–H groups in total. The van der Waals surface area contributed by atoms with Gasteiger partial charge in [0.15, 0.2) is 0 Å². The quantitative estimate of drug-likeness (QED) is 0.896. The summed E-state index contributed by atoms with van der Waals surface area (Å²) in [5.41, 5.74) is 1.83. The van der Waals surface area contributed by atoms with Crippen LogP contribution in [0.25, 0.3) is 0 Å². The number of nitrogens with one attached hydrogen (secondary N) is 2. The van der Waals surface area contributed by atoms with Crippen LogP contribution in [0.3, 0.4) is 0 Å². The standard InChI is InChI=1S/C16H20N4O3/c1-11-14(19-10-18-11)16(22)20-5-2-12(3-6-20)8-17-15(21)13-4-7-23-9-13/h4,7,9-10,12H,2-3,5-6,8H2,1H3,(H,17,21)(H,18,19). The van der Waals surface area contributed by atoms with E-state index < -0.39 is 0 Å². The van der Waals surface area contributed by atoms with Crippen molar-refractivity contribution in [2.75, 3.05) is 19.6 Å². The van der Waals surface area contributed by atoms with Crippen molar-refractivity contribution in [3.05, 3.63) is 41.9 Å². The molecule has 1 aliphatic rings. The molecule has 2 aromatic rings. The monoisotopic (exact) mass is 316 g/mol. The smallest absolute Gasteiger partial charge is 0.274 e. The van der Waals surface area contributed by atoms with Crippen molar-refractivity contribution in [1.29, 1.82) is 0 Å². The highest BCUT2D eigenvalue weighted by Gasteiger charge is 2.26. The summed E-state index contributed by atoms with van der Waals surface area (Å²) in [6.07, 6.45) is 6.21. The fourth-order valence-electron chi connectivity index (χ4n) is 2.80. The third-order valence-corrected chi connectivity index (χ3v) is 4.27. The van der Waals surface area contributed by atoms with E-state index in [1.54, 1.807) is 12.4 Å². The van der Waals surface area contributed by atoms with Gasteiger partial charge in [-0.2, -0.15) is 0 Å². The minimum atomic E-state index is -0.121. The molecule has 1 fully saturated rings. The Balaban J connectivity index is 1.46.